The van der Waals surface area contributed by atoms with E-state index in [-0.39, 0.29) is 23.4 Å². The van der Waals surface area contributed by atoms with Crippen LogP contribution in [-0.4, -0.2) is 41.0 Å². The van der Waals surface area contributed by atoms with E-state index >= 15 is 0 Å². The first-order valence-electron chi connectivity index (χ1n) is 7.00. The number of rotatable bonds is 4. The number of nitrogens with one attached hydrogen (secondary N) is 1. The fourth-order valence-electron chi connectivity index (χ4n) is 2.17. The van der Waals surface area contributed by atoms with Crippen molar-refractivity contribution < 1.29 is 19.2 Å². The summed E-state index contributed by atoms with van der Waals surface area (Å²) in [5.74, 6) is 0.201. The van der Waals surface area contributed by atoms with Crippen LogP contribution in [0.4, 0.5) is 10.5 Å². The lowest BCUT2D eigenvalue weighted by Crippen LogP contribution is -2.38. The van der Waals surface area contributed by atoms with Gasteiger partial charge in [0.2, 0.25) is 5.91 Å². The molecule has 22 heavy (non-hydrogen) atoms. The molecule has 0 spiro atoms. The topological polar surface area (TPSA) is 102 Å². The molecule has 1 unspecified atom stereocenters. The van der Waals surface area contributed by atoms with E-state index in [1.54, 1.807) is 6.92 Å². The van der Waals surface area contributed by atoms with Crippen molar-refractivity contribution in [2.45, 2.75) is 25.8 Å². The molecule has 2 amide bonds. The minimum atomic E-state index is -0.526. The summed E-state index contributed by atoms with van der Waals surface area (Å²) in [4.78, 5) is 34.8. The summed E-state index contributed by atoms with van der Waals surface area (Å²) < 4.78 is 5.16. The van der Waals surface area contributed by atoms with Gasteiger partial charge in [-0.05, 0) is 18.6 Å². The number of nitrogens with zero attached hydrogens (tertiary/aromatic N) is 2. The molecule has 0 saturated carbocycles. The average molecular weight is 307 g/mol. The van der Waals surface area contributed by atoms with Crippen LogP contribution in [0.2, 0.25) is 0 Å². The van der Waals surface area contributed by atoms with Gasteiger partial charge >= 0.3 is 6.09 Å². The van der Waals surface area contributed by atoms with Crippen LogP contribution in [-0.2, 0) is 4.79 Å². The first-order chi connectivity index (χ1) is 10.5. The van der Waals surface area contributed by atoms with E-state index in [1.807, 2.05) is 0 Å². The molecular formula is C14H17N3O5. The van der Waals surface area contributed by atoms with E-state index < -0.39 is 11.0 Å². The van der Waals surface area contributed by atoms with Crippen LogP contribution in [0.15, 0.2) is 24.3 Å². The number of ether oxygens (including phenoxy) is 1. The van der Waals surface area contributed by atoms with Gasteiger partial charge in [0.1, 0.15) is 5.75 Å². The molecule has 1 aromatic carbocycles. The van der Waals surface area contributed by atoms with Crippen LogP contribution >= 0.6 is 0 Å². The zero-order valence-electron chi connectivity index (χ0n) is 12.2. The lowest BCUT2D eigenvalue weighted by molar-refractivity contribution is -0.384. The molecule has 0 aliphatic carbocycles. The van der Waals surface area contributed by atoms with E-state index in [9.17, 15) is 19.7 Å². The SMILES string of the molecule is CCC(=O)NC1CCN(C(=O)Oc2ccc([N+](=O)[O-])cc2)C1. The lowest BCUT2D eigenvalue weighted by atomic mass is 10.2. The summed E-state index contributed by atoms with van der Waals surface area (Å²) in [7, 11) is 0. The van der Waals surface area contributed by atoms with Gasteiger partial charge in [-0.3, -0.25) is 14.9 Å². The third-order valence-electron chi connectivity index (χ3n) is 3.39. The molecular weight excluding hydrogens is 290 g/mol. The Balaban J connectivity index is 1.87. The molecule has 8 nitrogen and oxygen atoms in total. The first kappa shape index (κ1) is 15.7. The standard InChI is InChI=1S/C14H17N3O5/c1-2-13(18)15-10-7-8-16(9-10)14(19)22-12-5-3-11(4-6-12)17(20)21/h3-6,10H,2,7-9H2,1H3,(H,15,18). The van der Waals surface area contributed by atoms with E-state index in [0.717, 1.165) is 0 Å². The molecule has 0 bridgehead atoms. The van der Waals surface area contributed by atoms with Crippen molar-refractivity contribution in [3.8, 4) is 5.75 Å². The molecule has 2 rings (SSSR count). The van der Waals surface area contributed by atoms with Crippen LogP contribution in [0.3, 0.4) is 0 Å². The van der Waals surface area contributed by atoms with Gasteiger partial charge < -0.3 is 15.0 Å². The van der Waals surface area contributed by atoms with Crippen LogP contribution in [0.1, 0.15) is 19.8 Å². The second kappa shape index (κ2) is 6.88. The maximum atomic E-state index is 12.0. The summed E-state index contributed by atoms with van der Waals surface area (Å²) >= 11 is 0. The fraction of sp³-hybridized carbons (Fsp3) is 0.429. The minimum Gasteiger partial charge on any atom is -0.410 e. The number of hydrogen-bond acceptors (Lipinski definition) is 5. The zero-order valence-corrected chi connectivity index (χ0v) is 12.2. The van der Waals surface area contributed by atoms with Crippen LogP contribution in [0.5, 0.6) is 5.75 Å². The van der Waals surface area contributed by atoms with Crippen molar-refractivity contribution in [2.75, 3.05) is 13.1 Å². The van der Waals surface area contributed by atoms with E-state index in [2.05, 4.69) is 5.32 Å². The third kappa shape index (κ3) is 3.94. The van der Waals surface area contributed by atoms with Gasteiger partial charge in [-0.1, -0.05) is 6.92 Å². The Morgan fingerprint density at radius 3 is 2.68 bits per heavy atom. The van der Waals surface area contributed by atoms with Crippen LogP contribution in [0, 0.1) is 10.1 Å². The second-order valence-corrected chi connectivity index (χ2v) is 4.97. The van der Waals surface area contributed by atoms with Crippen molar-refractivity contribution in [2.24, 2.45) is 0 Å². The number of carbonyl (C=O) groups is 2. The Morgan fingerprint density at radius 2 is 2.09 bits per heavy atom. The van der Waals surface area contributed by atoms with E-state index in [4.69, 9.17) is 4.74 Å². The minimum absolute atomic E-state index is 0.0458. The van der Waals surface area contributed by atoms with Gasteiger partial charge in [0, 0.05) is 37.7 Å². The number of nitro benzene ring substituents is 1. The number of carbonyl (C=O) groups excluding carboxylic acids is 2. The van der Waals surface area contributed by atoms with Crippen molar-refractivity contribution >= 4 is 17.7 Å². The molecule has 1 fully saturated rings. The maximum Gasteiger partial charge on any atom is 0.415 e. The maximum absolute atomic E-state index is 12.0. The molecule has 0 aromatic heterocycles. The summed E-state index contributed by atoms with van der Waals surface area (Å²) in [6.45, 7) is 2.67. The monoisotopic (exact) mass is 307 g/mol. The van der Waals surface area contributed by atoms with Crippen LogP contribution in [0.25, 0.3) is 0 Å². The molecule has 1 heterocycles. The highest BCUT2D eigenvalue weighted by Crippen LogP contribution is 2.19. The van der Waals surface area contributed by atoms with E-state index in [0.29, 0.717) is 25.9 Å². The van der Waals surface area contributed by atoms with E-state index in [1.165, 1.54) is 29.2 Å². The zero-order chi connectivity index (χ0) is 16.1. The molecule has 1 saturated heterocycles. The Morgan fingerprint density at radius 1 is 1.41 bits per heavy atom. The summed E-state index contributed by atoms with van der Waals surface area (Å²) in [6.07, 6.45) is 0.562. The number of likely N-dealkylation sites (tertiary alicyclic amines) is 1. The van der Waals surface area contributed by atoms with Crippen molar-refractivity contribution in [3.63, 3.8) is 0 Å². The number of hydrogen-bond donors (Lipinski definition) is 1. The number of benzene rings is 1. The molecule has 1 aliphatic rings. The summed E-state index contributed by atoms with van der Waals surface area (Å²) in [5, 5.41) is 13.4. The first-order valence-corrected chi connectivity index (χ1v) is 7.00. The Hall–Kier alpha value is -2.64. The number of nitro groups is 1. The molecule has 1 aromatic rings. The Kier molecular flexibility index (Phi) is 4.92. The largest absolute Gasteiger partial charge is 0.415 e. The van der Waals surface area contributed by atoms with Gasteiger partial charge in [-0.25, -0.2) is 4.79 Å². The number of amides is 2. The highest BCUT2D eigenvalue weighted by Gasteiger charge is 2.28. The van der Waals surface area contributed by atoms with Gasteiger partial charge in [-0.15, -0.1) is 0 Å². The quantitative estimate of drug-likeness (QED) is 0.673. The van der Waals surface area contributed by atoms with Gasteiger partial charge in [0.05, 0.1) is 4.92 Å². The van der Waals surface area contributed by atoms with Crippen molar-refractivity contribution in [1.82, 2.24) is 10.2 Å². The van der Waals surface area contributed by atoms with Gasteiger partial charge in [0.15, 0.2) is 0 Å². The molecule has 8 heteroatoms. The third-order valence-corrected chi connectivity index (χ3v) is 3.39. The lowest BCUT2D eigenvalue weighted by Gasteiger charge is -2.16. The van der Waals surface area contributed by atoms with Crippen molar-refractivity contribution in [3.05, 3.63) is 34.4 Å². The number of non-ortho nitro benzene ring substituents is 1. The average Bonchev–Trinajstić information content (AvgIpc) is 2.96. The van der Waals surface area contributed by atoms with Crippen molar-refractivity contribution in [1.29, 1.82) is 0 Å². The fourth-order valence-corrected chi connectivity index (χ4v) is 2.17. The predicted molar refractivity (Wildman–Crippen MR) is 77.5 cm³/mol. The van der Waals surface area contributed by atoms with Gasteiger partial charge in [0.25, 0.3) is 5.69 Å². The Labute approximate surface area is 127 Å². The molecule has 118 valence electrons. The molecule has 1 atom stereocenters. The molecule has 1 aliphatic heterocycles. The predicted octanol–water partition coefficient (Wildman–Crippen LogP) is 1.69. The van der Waals surface area contributed by atoms with Gasteiger partial charge in [-0.2, -0.15) is 0 Å². The Bertz CT molecular complexity index is 572. The highest BCUT2D eigenvalue weighted by molar-refractivity contribution is 5.76. The molecule has 0 radical (unpaired) electrons. The second-order valence-electron chi connectivity index (χ2n) is 4.97. The highest BCUT2D eigenvalue weighted by atomic mass is 16.6. The molecule has 1 N–H and O–H groups in total. The smallest absolute Gasteiger partial charge is 0.410 e. The normalized spacial score (nSPS) is 17.1. The van der Waals surface area contributed by atoms with Crippen LogP contribution < -0.4 is 10.1 Å². The summed E-state index contributed by atoms with van der Waals surface area (Å²) in [6, 6.07) is 5.25. The summed E-state index contributed by atoms with van der Waals surface area (Å²) in [5.41, 5.74) is -0.0664.